The molecule has 7 heteroatoms. The maximum absolute atomic E-state index is 11.9. The fourth-order valence-electron chi connectivity index (χ4n) is 3.00. The number of amides is 1. The van der Waals surface area contributed by atoms with Crippen LogP contribution in [0.25, 0.3) is 22.5 Å². The first-order valence-corrected chi connectivity index (χ1v) is 10.9. The van der Waals surface area contributed by atoms with Gasteiger partial charge in [-0.2, -0.15) is 0 Å². The van der Waals surface area contributed by atoms with E-state index < -0.39 is 0 Å². The van der Waals surface area contributed by atoms with Gasteiger partial charge in [0.1, 0.15) is 0 Å². The molecule has 0 spiro atoms. The Balaban J connectivity index is 1.58. The number of aromatic nitrogens is 3. The second-order valence-electron chi connectivity index (χ2n) is 6.94. The first-order chi connectivity index (χ1) is 13.0. The van der Waals surface area contributed by atoms with Gasteiger partial charge in [0.25, 0.3) is 0 Å². The first-order valence-electron chi connectivity index (χ1n) is 9.00. The van der Waals surface area contributed by atoms with Gasteiger partial charge in [0, 0.05) is 34.5 Å². The first kappa shape index (κ1) is 18.3. The van der Waals surface area contributed by atoms with Crippen molar-refractivity contribution in [3.05, 3.63) is 40.1 Å². The molecule has 27 heavy (non-hydrogen) atoms. The lowest BCUT2D eigenvalue weighted by Gasteiger charge is -2.08. The van der Waals surface area contributed by atoms with Gasteiger partial charge in [-0.05, 0) is 32.3 Å². The monoisotopic (exact) mass is 398 g/mol. The van der Waals surface area contributed by atoms with Crippen LogP contribution in [0, 0.1) is 13.8 Å². The molecule has 1 fully saturated rings. The van der Waals surface area contributed by atoms with E-state index >= 15 is 0 Å². The molecule has 1 aliphatic rings. The van der Waals surface area contributed by atoms with E-state index in [2.05, 4.69) is 59.0 Å². The fraction of sp³-hybridized carbons (Fsp3) is 0.350. The number of aryl methyl sites for hydroxylation is 2. The SMILES string of the molecule is Cc1ccc(-c2c(-c3nnc(SCC(=O)NC4CC4)n3C)csc2C)cc1. The van der Waals surface area contributed by atoms with Crippen molar-refractivity contribution in [3.8, 4) is 22.5 Å². The molecule has 1 aromatic carbocycles. The number of benzene rings is 1. The molecule has 2 aromatic heterocycles. The Morgan fingerprint density at radius 1 is 1.26 bits per heavy atom. The molecule has 5 nitrogen and oxygen atoms in total. The van der Waals surface area contributed by atoms with Crippen LogP contribution in [-0.4, -0.2) is 32.5 Å². The van der Waals surface area contributed by atoms with Crippen molar-refractivity contribution in [2.75, 3.05) is 5.75 Å². The highest BCUT2D eigenvalue weighted by atomic mass is 32.2. The van der Waals surface area contributed by atoms with Crippen molar-refractivity contribution >= 4 is 29.0 Å². The maximum Gasteiger partial charge on any atom is 0.230 e. The van der Waals surface area contributed by atoms with E-state index in [1.54, 1.807) is 11.3 Å². The van der Waals surface area contributed by atoms with Crippen LogP contribution in [0.2, 0.25) is 0 Å². The van der Waals surface area contributed by atoms with Crippen LogP contribution in [0.3, 0.4) is 0 Å². The molecule has 1 saturated carbocycles. The van der Waals surface area contributed by atoms with Crippen LogP contribution in [0.15, 0.2) is 34.8 Å². The van der Waals surface area contributed by atoms with Crippen LogP contribution in [-0.2, 0) is 11.8 Å². The average molecular weight is 399 g/mol. The summed E-state index contributed by atoms with van der Waals surface area (Å²) in [4.78, 5) is 13.2. The molecule has 3 aromatic rings. The quantitative estimate of drug-likeness (QED) is 0.632. The van der Waals surface area contributed by atoms with Crippen molar-refractivity contribution in [3.63, 3.8) is 0 Å². The molecule has 0 atom stereocenters. The summed E-state index contributed by atoms with van der Waals surface area (Å²) in [5.41, 5.74) is 4.73. The van der Waals surface area contributed by atoms with Gasteiger partial charge in [-0.3, -0.25) is 4.79 Å². The Bertz CT molecular complexity index is 971. The standard InChI is InChI=1S/C20H22N4OS2/c1-12-4-6-14(7-5-12)18-13(2)26-10-16(18)19-22-23-20(24(19)3)27-11-17(25)21-15-8-9-15/h4-7,10,15H,8-9,11H2,1-3H3,(H,21,25). The highest BCUT2D eigenvalue weighted by Crippen LogP contribution is 2.38. The number of thiophene rings is 1. The molecule has 1 aliphatic carbocycles. The van der Waals surface area contributed by atoms with E-state index in [9.17, 15) is 4.79 Å². The number of carbonyl (C=O) groups excluding carboxylic acids is 1. The summed E-state index contributed by atoms with van der Waals surface area (Å²) in [6.45, 7) is 4.23. The van der Waals surface area contributed by atoms with Crippen LogP contribution in [0.4, 0.5) is 0 Å². The van der Waals surface area contributed by atoms with Gasteiger partial charge in [-0.1, -0.05) is 41.6 Å². The van der Waals surface area contributed by atoms with Crippen LogP contribution in [0.5, 0.6) is 0 Å². The van der Waals surface area contributed by atoms with Crippen molar-refractivity contribution in [2.45, 2.75) is 37.9 Å². The number of hydrogen-bond donors (Lipinski definition) is 1. The Morgan fingerprint density at radius 2 is 2.00 bits per heavy atom. The predicted octanol–water partition coefficient (Wildman–Crippen LogP) is 4.20. The zero-order valence-corrected chi connectivity index (χ0v) is 17.3. The van der Waals surface area contributed by atoms with Crippen LogP contribution in [0.1, 0.15) is 23.3 Å². The Kier molecular flexibility index (Phi) is 5.06. The molecule has 0 unspecified atom stereocenters. The molecule has 4 rings (SSSR count). The van der Waals surface area contributed by atoms with Gasteiger partial charge >= 0.3 is 0 Å². The van der Waals surface area contributed by atoms with Gasteiger partial charge in [0.2, 0.25) is 5.91 Å². The van der Waals surface area contributed by atoms with E-state index in [0.717, 1.165) is 29.4 Å². The lowest BCUT2D eigenvalue weighted by atomic mass is 10.0. The molecular weight excluding hydrogens is 376 g/mol. The molecule has 0 aliphatic heterocycles. The van der Waals surface area contributed by atoms with E-state index in [0.29, 0.717) is 11.8 Å². The summed E-state index contributed by atoms with van der Waals surface area (Å²) >= 11 is 3.15. The molecule has 0 bridgehead atoms. The van der Waals surface area contributed by atoms with Gasteiger partial charge < -0.3 is 9.88 Å². The summed E-state index contributed by atoms with van der Waals surface area (Å²) in [6, 6.07) is 8.96. The number of thioether (sulfide) groups is 1. The Labute approximate surface area is 167 Å². The number of nitrogens with zero attached hydrogens (tertiary/aromatic N) is 3. The largest absolute Gasteiger partial charge is 0.353 e. The number of carbonyl (C=O) groups is 1. The van der Waals surface area contributed by atoms with Crippen molar-refractivity contribution in [1.29, 1.82) is 0 Å². The van der Waals surface area contributed by atoms with Crippen LogP contribution >= 0.6 is 23.1 Å². The highest BCUT2D eigenvalue weighted by Gasteiger charge is 2.24. The van der Waals surface area contributed by atoms with E-state index in [-0.39, 0.29) is 5.91 Å². The van der Waals surface area contributed by atoms with Gasteiger partial charge in [-0.25, -0.2) is 0 Å². The minimum atomic E-state index is 0.0683. The predicted molar refractivity (Wildman–Crippen MR) is 111 cm³/mol. The molecule has 1 amide bonds. The average Bonchev–Trinajstić information content (AvgIpc) is 3.27. The summed E-state index contributed by atoms with van der Waals surface area (Å²) in [6.07, 6.45) is 2.20. The molecule has 140 valence electrons. The topological polar surface area (TPSA) is 59.8 Å². The normalized spacial score (nSPS) is 13.7. The smallest absolute Gasteiger partial charge is 0.230 e. The third-order valence-electron chi connectivity index (χ3n) is 4.67. The van der Waals surface area contributed by atoms with E-state index in [1.807, 2.05) is 11.6 Å². The Morgan fingerprint density at radius 3 is 2.70 bits per heavy atom. The molecule has 0 saturated heterocycles. The number of hydrogen-bond acceptors (Lipinski definition) is 5. The van der Waals surface area contributed by atoms with Crippen molar-refractivity contribution in [2.24, 2.45) is 7.05 Å². The lowest BCUT2D eigenvalue weighted by Crippen LogP contribution is -2.27. The van der Waals surface area contributed by atoms with Crippen LogP contribution < -0.4 is 5.32 Å². The molecule has 0 radical (unpaired) electrons. The summed E-state index contributed by atoms with van der Waals surface area (Å²) in [5, 5.41) is 14.6. The van der Waals surface area contributed by atoms with E-state index in [4.69, 9.17) is 0 Å². The summed E-state index contributed by atoms with van der Waals surface area (Å²) in [5.74, 6) is 1.27. The van der Waals surface area contributed by atoms with Crippen molar-refractivity contribution < 1.29 is 4.79 Å². The van der Waals surface area contributed by atoms with Crippen molar-refractivity contribution in [1.82, 2.24) is 20.1 Å². The minimum absolute atomic E-state index is 0.0683. The molecular formula is C20H22N4OS2. The second kappa shape index (κ2) is 7.48. The number of rotatable bonds is 6. The zero-order valence-electron chi connectivity index (χ0n) is 15.7. The zero-order chi connectivity index (χ0) is 19.0. The summed E-state index contributed by atoms with van der Waals surface area (Å²) in [7, 11) is 1.96. The minimum Gasteiger partial charge on any atom is -0.353 e. The third-order valence-corrected chi connectivity index (χ3v) is 6.60. The Hall–Kier alpha value is -2.12. The molecule has 1 N–H and O–H groups in total. The second-order valence-corrected chi connectivity index (χ2v) is 8.97. The van der Waals surface area contributed by atoms with E-state index in [1.165, 1.54) is 33.3 Å². The lowest BCUT2D eigenvalue weighted by molar-refractivity contribution is -0.118. The summed E-state index contributed by atoms with van der Waals surface area (Å²) < 4.78 is 1.98. The fourth-order valence-corrected chi connectivity index (χ4v) is 4.59. The van der Waals surface area contributed by atoms with Gasteiger partial charge in [0.15, 0.2) is 11.0 Å². The third kappa shape index (κ3) is 3.94. The number of nitrogens with one attached hydrogen (secondary N) is 1. The molecule has 2 heterocycles. The van der Waals surface area contributed by atoms with Gasteiger partial charge in [0.05, 0.1) is 5.75 Å². The highest BCUT2D eigenvalue weighted by molar-refractivity contribution is 7.99. The van der Waals surface area contributed by atoms with Gasteiger partial charge in [-0.15, -0.1) is 21.5 Å². The maximum atomic E-state index is 11.9.